The van der Waals surface area contributed by atoms with Gasteiger partial charge in [0.1, 0.15) is 0 Å². The highest BCUT2D eigenvalue weighted by Crippen LogP contribution is 2.25. The number of nitrogens with one attached hydrogen (secondary N) is 1. The topological polar surface area (TPSA) is 79.3 Å². The molecule has 0 saturated heterocycles. The van der Waals surface area contributed by atoms with Crippen LogP contribution in [-0.2, 0) is 16.6 Å². The molecule has 0 unspecified atom stereocenters. The van der Waals surface area contributed by atoms with Crippen LogP contribution in [0.25, 0.3) is 0 Å². The molecule has 1 aromatic carbocycles. The van der Waals surface area contributed by atoms with E-state index in [4.69, 9.17) is 5.11 Å². The number of benzene rings is 1. The van der Waals surface area contributed by atoms with Crippen molar-refractivity contribution in [3.8, 4) is 0 Å². The maximum absolute atomic E-state index is 12.0. The maximum Gasteiger partial charge on any atom is 0.335 e. The Morgan fingerprint density at radius 1 is 1.32 bits per heavy atom. The molecule has 0 aliphatic heterocycles. The second kappa shape index (κ2) is 6.27. The fraction of sp³-hybridized carbons (Fsp3) is 0.312. The second-order valence-electron chi connectivity index (χ2n) is 6.00. The number of hydrogen-bond donors (Lipinski definition) is 2. The van der Waals surface area contributed by atoms with E-state index in [-0.39, 0.29) is 23.3 Å². The summed E-state index contributed by atoms with van der Waals surface area (Å²) >= 11 is 1.54. The quantitative estimate of drug-likeness (QED) is 0.906. The maximum atomic E-state index is 12.0. The number of hydrogen-bond acceptors (Lipinski definition) is 4. The number of amides is 1. The van der Waals surface area contributed by atoms with E-state index >= 15 is 0 Å². The molecule has 116 valence electrons. The minimum Gasteiger partial charge on any atom is -0.478 e. The van der Waals surface area contributed by atoms with Crippen molar-refractivity contribution in [2.24, 2.45) is 0 Å². The van der Waals surface area contributed by atoms with E-state index in [1.54, 1.807) is 23.5 Å². The van der Waals surface area contributed by atoms with Crippen molar-refractivity contribution in [3.05, 3.63) is 45.9 Å². The van der Waals surface area contributed by atoms with E-state index < -0.39 is 5.97 Å². The second-order valence-corrected chi connectivity index (χ2v) is 6.86. The first-order valence-corrected chi connectivity index (χ1v) is 7.72. The molecule has 2 N–H and O–H groups in total. The lowest BCUT2D eigenvalue weighted by Gasteiger charge is -2.13. The Morgan fingerprint density at radius 2 is 2.05 bits per heavy atom. The molecule has 2 aromatic rings. The fourth-order valence-electron chi connectivity index (χ4n) is 1.83. The summed E-state index contributed by atoms with van der Waals surface area (Å²) in [6, 6.07) is 6.17. The van der Waals surface area contributed by atoms with Crippen molar-refractivity contribution in [3.63, 3.8) is 0 Å². The predicted octanol–water partition coefficient (Wildman–Crippen LogP) is 3.32. The van der Waals surface area contributed by atoms with E-state index in [2.05, 4.69) is 31.1 Å². The molecule has 0 aliphatic carbocycles. The van der Waals surface area contributed by atoms with Crippen LogP contribution in [0.4, 0.5) is 5.69 Å². The summed E-state index contributed by atoms with van der Waals surface area (Å²) in [5.74, 6) is -1.24. The number of thiazole rings is 1. The zero-order valence-electron chi connectivity index (χ0n) is 12.7. The molecular weight excluding hydrogens is 300 g/mol. The molecule has 0 bridgehead atoms. The van der Waals surface area contributed by atoms with E-state index in [0.29, 0.717) is 5.69 Å². The van der Waals surface area contributed by atoms with Gasteiger partial charge >= 0.3 is 5.97 Å². The summed E-state index contributed by atoms with van der Waals surface area (Å²) in [4.78, 5) is 27.4. The summed E-state index contributed by atoms with van der Waals surface area (Å²) in [5.41, 5.74) is 1.30. The van der Waals surface area contributed by atoms with Crippen LogP contribution in [0.2, 0.25) is 0 Å². The minimum absolute atomic E-state index is 0.0325. The van der Waals surface area contributed by atoms with Gasteiger partial charge in [-0.3, -0.25) is 4.79 Å². The molecule has 0 saturated carbocycles. The Morgan fingerprint density at radius 3 is 2.64 bits per heavy atom. The molecule has 6 heteroatoms. The number of carboxylic acids is 1. The zero-order chi connectivity index (χ0) is 16.3. The van der Waals surface area contributed by atoms with Gasteiger partial charge in [-0.15, -0.1) is 11.3 Å². The number of nitrogens with zero attached hydrogens (tertiary/aromatic N) is 1. The number of carboxylic acid groups (broad SMARTS) is 1. The number of aromatic nitrogens is 1. The Kier molecular flexibility index (Phi) is 4.61. The first kappa shape index (κ1) is 16.2. The summed E-state index contributed by atoms with van der Waals surface area (Å²) in [6.07, 6.45) is 0.171. The number of carbonyl (C=O) groups excluding carboxylic acids is 1. The summed E-state index contributed by atoms with van der Waals surface area (Å²) in [5, 5.41) is 14.5. The van der Waals surface area contributed by atoms with Crippen LogP contribution in [0.15, 0.2) is 29.6 Å². The van der Waals surface area contributed by atoms with E-state index in [0.717, 1.165) is 10.7 Å². The average Bonchev–Trinajstić information content (AvgIpc) is 2.87. The molecule has 0 atom stereocenters. The lowest BCUT2D eigenvalue weighted by Crippen LogP contribution is -2.16. The first-order chi connectivity index (χ1) is 10.3. The van der Waals surface area contributed by atoms with Crippen LogP contribution in [0.5, 0.6) is 0 Å². The van der Waals surface area contributed by atoms with E-state index in [1.807, 2.05) is 5.38 Å². The lowest BCUT2D eigenvalue weighted by atomic mass is 9.98. The van der Waals surface area contributed by atoms with Gasteiger partial charge in [-0.05, 0) is 18.2 Å². The SMILES string of the molecule is CC(C)(C)c1nc(CC(=O)Nc2cccc(C(=O)O)c2)cs1. The summed E-state index contributed by atoms with van der Waals surface area (Å²) in [7, 11) is 0. The molecule has 2 rings (SSSR count). The van der Waals surface area contributed by atoms with Crippen molar-refractivity contribution < 1.29 is 14.7 Å². The van der Waals surface area contributed by atoms with Crippen molar-refractivity contribution in [2.75, 3.05) is 5.32 Å². The van der Waals surface area contributed by atoms with Crippen LogP contribution in [-0.4, -0.2) is 22.0 Å². The number of anilines is 1. The first-order valence-electron chi connectivity index (χ1n) is 6.84. The molecule has 1 heterocycles. The van der Waals surface area contributed by atoms with E-state index in [1.165, 1.54) is 12.1 Å². The highest BCUT2D eigenvalue weighted by Gasteiger charge is 2.18. The third kappa shape index (κ3) is 4.14. The average molecular weight is 318 g/mol. The highest BCUT2D eigenvalue weighted by molar-refractivity contribution is 7.09. The Bertz CT molecular complexity index is 701. The third-order valence-electron chi connectivity index (χ3n) is 2.93. The molecule has 1 aromatic heterocycles. The Hall–Kier alpha value is -2.21. The molecule has 1 amide bonds. The fourth-order valence-corrected chi connectivity index (χ4v) is 2.74. The molecule has 0 spiro atoms. The molecular formula is C16H18N2O3S. The van der Waals surface area contributed by atoms with Crippen LogP contribution in [0.3, 0.4) is 0 Å². The molecule has 22 heavy (non-hydrogen) atoms. The molecule has 0 fully saturated rings. The van der Waals surface area contributed by atoms with Crippen LogP contribution in [0.1, 0.15) is 41.8 Å². The Labute approximate surface area is 133 Å². The Balaban J connectivity index is 2.03. The van der Waals surface area contributed by atoms with Gasteiger partial charge in [0.05, 0.1) is 22.7 Å². The van der Waals surface area contributed by atoms with Crippen molar-refractivity contribution in [1.82, 2.24) is 4.98 Å². The standard InChI is InChI=1S/C16H18N2O3S/c1-16(2,3)15-18-12(9-22-15)8-13(19)17-11-6-4-5-10(7-11)14(20)21/h4-7,9H,8H2,1-3H3,(H,17,19)(H,20,21). The summed E-state index contributed by atoms with van der Waals surface area (Å²) < 4.78 is 0. The van der Waals surface area contributed by atoms with Crippen molar-refractivity contribution in [1.29, 1.82) is 0 Å². The zero-order valence-corrected chi connectivity index (χ0v) is 13.5. The molecule has 0 radical (unpaired) electrons. The highest BCUT2D eigenvalue weighted by atomic mass is 32.1. The van der Waals surface area contributed by atoms with Crippen molar-refractivity contribution in [2.45, 2.75) is 32.6 Å². The number of carbonyl (C=O) groups is 2. The summed E-state index contributed by atoms with van der Waals surface area (Å²) in [6.45, 7) is 6.23. The molecule has 0 aliphatic rings. The normalized spacial score (nSPS) is 11.2. The monoisotopic (exact) mass is 318 g/mol. The smallest absolute Gasteiger partial charge is 0.335 e. The van der Waals surface area contributed by atoms with Gasteiger partial charge < -0.3 is 10.4 Å². The van der Waals surface area contributed by atoms with Gasteiger partial charge in [0, 0.05) is 16.5 Å². The van der Waals surface area contributed by atoms with Gasteiger partial charge in [-0.1, -0.05) is 26.8 Å². The van der Waals surface area contributed by atoms with Gasteiger partial charge in [0.15, 0.2) is 0 Å². The molecule has 5 nitrogen and oxygen atoms in total. The lowest BCUT2D eigenvalue weighted by molar-refractivity contribution is -0.115. The largest absolute Gasteiger partial charge is 0.478 e. The third-order valence-corrected chi connectivity index (χ3v) is 4.25. The van der Waals surface area contributed by atoms with Crippen LogP contribution >= 0.6 is 11.3 Å². The predicted molar refractivity (Wildman–Crippen MR) is 86.5 cm³/mol. The van der Waals surface area contributed by atoms with Gasteiger partial charge in [-0.2, -0.15) is 0 Å². The number of aromatic carboxylic acids is 1. The van der Waals surface area contributed by atoms with Gasteiger partial charge in [0.2, 0.25) is 5.91 Å². The van der Waals surface area contributed by atoms with Crippen LogP contribution in [0, 0.1) is 0 Å². The van der Waals surface area contributed by atoms with Crippen molar-refractivity contribution >= 4 is 28.9 Å². The van der Waals surface area contributed by atoms with Gasteiger partial charge in [-0.25, -0.2) is 9.78 Å². The van der Waals surface area contributed by atoms with Crippen LogP contribution < -0.4 is 5.32 Å². The van der Waals surface area contributed by atoms with E-state index in [9.17, 15) is 9.59 Å². The number of rotatable bonds is 4. The van der Waals surface area contributed by atoms with Gasteiger partial charge in [0.25, 0.3) is 0 Å². The minimum atomic E-state index is -1.02.